The molecule has 74 heavy (non-hydrogen) atoms. The van der Waals surface area contributed by atoms with Gasteiger partial charge in [0.15, 0.2) is 0 Å². The van der Waals surface area contributed by atoms with E-state index < -0.39 is 10.8 Å². The van der Waals surface area contributed by atoms with E-state index in [1.165, 1.54) is 66.8 Å². The van der Waals surface area contributed by atoms with Gasteiger partial charge in [0, 0.05) is 33.1 Å². The van der Waals surface area contributed by atoms with Crippen molar-refractivity contribution in [1.29, 1.82) is 0 Å². The number of furan rings is 1. The molecule has 0 atom stereocenters. The van der Waals surface area contributed by atoms with Crippen molar-refractivity contribution in [2.24, 2.45) is 0 Å². The predicted octanol–water partition coefficient (Wildman–Crippen LogP) is 18.6. The van der Waals surface area contributed by atoms with Crippen molar-refractivity contribution < 1.29 is 4.42 Å². The minimum atomic E-state index is -0.588. The fraction of sp³-hybridized carbons (Fsp3) is 0.0278. The third kappa shape index (κ3) is 5.94. The van der Waals surface area contributed by atoms with Gasteiger partial charge in [-0.2, -0.15) is 0 Å². The molecule has 1 aromatic heterocycles. The molecule has 0 aliphatic heterocycles. The second-order valence-electron chi connectivity index (χ2n) is 19.8. The summed E-state index contributed by atoms with van der Waals surface area (Å²) in [4.78, 5) is 2.53. The Morgan fingerprint density at radius 2 is 0.716 bits per heavy atom. The van der Waals surface area contributed by atoms with Crippen molar-refractivity contribution in [3.05, 3.63) is 330 Å². The van der Waals surface area contributed by atoms with Crippen molar-refractivity contribution >= 4 is 49.8 Å². The topological polar surface area (TPSA) is 16.4 Å². The lowest BCUT2D eigenvalue weighted by atomic mass is 9.67. The largest absolute Gasteiger partial charge is 0.455 e. The molecular formula is C72H47NO. The van der Waals surface area contributed by atoms with Gasteiger partial charge in [-0.05, 0) is 120 Å². The van der Waals surface area contributed by atoms with E-state index in [1.54, 1.807) is 0 Å². The molecule has 0 amide bonds. The summed E-state index contributed by atoms with van der Waals surface area (Å²) in [5.74, 6) is 0. The highest BCUT2D eigenvalue weighted by Crippen LogP contribution is 2.60. The molecule has 1 heterocycles. The van der Waals surface area contributed by atoms with Crippen LogP contribution in [0, 0.1) is 0 Å². The number of fused-ring (bicyclic) bond motifs is 11. The molecule has 0 fully saturated rings. The van der Waals surface area contributed by atoms with Crippen molar-refractivity contribution in [3.8, 4) is 33.4 Å². The number of hydrogen-bond donors (Lipinski definition) is 0. The zero-order chi connectivity index (χ0) is 48.8. The second-order valence-corrected chi connectivity index (χ2v) is 19.8. The van der Waals surface area contributed by atoms with E-state index in [0.29, 0.717) is 0 Å². The Morgan fingerprint density at radius 1 is 0.284 bits per heavy atom. The lowest BCUT2D eigenvalue weighted by molar-refractivity contribution is 0.673. The normalized spacial score (nSPS) is 13.6. The van der Waals surface area contributed by atoms with Crippen LogP contribution in [-0.4, -0.2) is 0 Å². The molecule has 15 rings (SSSR count). The smallest absolute Gasteiger partial charge is 0.143 e. The van der Waals surface area contributed by atoms with Crippen LogP contribution in [0.2, 0.25) is 0 Å². The highest BCUT2D eigenvalue weighted by atomic mass is 16.3. The van der Waals surface area contributed by atoms with Crippen LogP contribution in [-0.2, 0) is 10.8 Å². The fourth-order valence-corrected chi connectivity index (χ4v) is 13.2. The zero-order valence-corrected chi connectivity index (χ0v) is 40.5. The minimum absolute atomic E-state index is 0.588. The molecule has 0 saturated carbocycles. The second kappa shape index (κ2) is 16.5. The number of hydrogen-bond acceptors (Lipinski definition) is 2. The summed E-state index contributed by atoms with van der Waals surface area (Å²) in [5, 5.41) is 4.48. The van der Waals surface area contributed by atoms with Gasteiger partial charge in [-0.15, -0.1) is 0 Å². The van der Waals surface area contributed by atoms with E-state index in [4.69, 9.17) is 4.42 Å². The summed E-state index contributed by atoms with van der Waals surface area (Å²) in [5.41, 5.74) is 21.0. The van der Waals surface area contributed by atoms with E-state index in [1.807, 2.05) is 0 Å². The van der Waals surface area contributed by atoms with Crippen molar-refractivity contribution in [1.82, 2.24) is 0 Å². The first-order chi connectivity index (χ1) is 36.7. The summed E-state index contributed by atoms with van der Waals surface area (Å²) >= 11 is 0. The van der Waals surface area contributed by atoms with E-state index in [0.717, 1.165) is 60.9 Å². The molecule has 2 heteroatoms. The Bertz CT molecular complexity index is 4050. The van der Waals surface area contributed by atoms with Gasteiger partial charge in [-0.3, -0.25) is 0 Å². The summed E-state index contributed by atoms with van der Waals surface area (Å²) in [7, 11) is 0. The third-order valence-electron chi connectivity index (χ3n) is 16.2. The Hall–Kier alpha value is -9.50. The Labute approximate surface area is 430 Å². The summed E-state index contributed by atoms with van der Waals surface area (Å²) in [6.45, 7) is 0. The minimum Gasteiger partial charge on any atom is -0.455 e. The Kier molecular flexibility index (Phi) is 9.43. The standard InChI is InChI=1S/C72H47NO/c1-5-23-49(24-6-1)71(50-25-7-2-8-26-50)63-36-18-15-32-56(63)58-44-41-53(46-65(58)71)73(67-38-20-17-34-60(67)61-35-21-39-68-69(61)62-43-40-48-22-13-14-31-55(48)70(62)74-68)54-42-45-59-57-33-16-19-37-64(57)72(66(59)47-54,51-27-9-3-10-28-51)52-29-11-4-12-30-52/h1-47H. The van der Waals surface area contributed by atoms with Gasteiger partial charge in [-0.25, -0.2) is 0 Å². The number of para-hydroxylation sites is 1. The maximum Gasteiger partial charge on any atom is 0.143 e. The van der Waals surface area contributed by atoms with Crippen LogP contribution in [0.15, 0.2) is 290 Å². The SMILES string of the molecule is c1ccc(C2(c3ccccc3)c3ccccc3-c3ccc(N(c4ccc5c(c4)C(c4ccccc4)(c4ccccc4)c4ccccc4-5)c4ccccc4-c4cccc5oc6c7ccccc7ccc6c45)cc32)cc1. The van der Waals surface area contributed by atoms with Gasteiger partial charge >= 0.3 is 0 Å². The molecule has 0 unspecified atom stereocenters. The van der Waals surface area contributed by atoms with Gasteiger partial charge in [0.1, 0.15) is 11.2 Å². The number of rotatable bonds is 8. The Balaban J connectivity index is 1.04. The molecular weight excluding hydrogens is 895 g/mol. The molecule has 0 N–H and O–H groups in total. The molecule has 0 bridgehead atoms. The number of nitrogens with zero attached hydrogens (tertiary/aromatic N) is 1. The first-order valence-electron chi connectivity index (χ1n) is 25.7. The molecule has 0 saturated heterocycles. The fourth-order valence-electron chi connectivity index (χ4n) is 13.2. The van der Waals surface area contributed by atoms with Crippen LogP contribution in [0.1, 0.15) is 44.5 Å². The molecule has 2 nitrogen and oxygen atoms in total. The van der Waals surface area contributed by atoms with Gasteiger partial charge in [0.25, 0.3) is 0 Å². The molecule has 346 valence electrons. The average molecular weight is 942 g/mol. The molecule has 0 spiro atoms. The van der Waals surface area contributed by atoms with Gasteiger partial charge in [-0.1, -0.05) is 243 Å². The van der Waals surface area contributed by atoms with Crippen LogP contribution >= 0.6 is 0 Å². The highest BCUT2D eigenvalue weighted by molar-refractivity contribution is 6.20. The van der Waals surface area contributed by atoms with E-state index >= 15 is 0 Å². The van der Waals surface area contributed by atoms with Gasteiger partial charge in [0.05, 0.1) is 16.5 Å². The van der Waals surface area contributed by atoms with E-state index in [9.17, 15) is 0 Å². The first-order valence-corrected chi connectivity index (χ1v) is 25.7. The van der Waals surface area contributed by atoms with Crippen molar-refractivity contribution in [2.75, 3.05) is 4.90 Å². The highest BCUT2D eigenvalue weighted by Gasteiger charge is 2.48. The van der Waals surface area contributed by atoms with Gasteiger partial charge < -0.3 is 9.32 Å². The van der Waals surface area contributed by atoms with Gasteiger partial charge in [0.2, 0.25) is 0 Å². The van der Waals surface area contributed by atoms with Crippen LogP contribution in [0.5, 0.6) is 0 Å². The maximum absolute atomic E-state index is 6.86. The quantitative estimate of drug-likeness (QED) is 0.151. The molecule has 2 aliphatic rings. The molecule has 13 aromatic rings. The van der Waals surface area contributed by atoms with Crippen molar-refractivity contribution in [3.63, 3.8) is 0 Å². The van der Waals surface area contributed by atoms with Crippen LogP contribution in [0.25, 0.3) is 66.1 Å². The van der Waals surface area contributed by atoms with Crippen LogP contribution in [0.3, 0.4) is 0 Å². The first kappa shape index (κ1) is 42.2. The van der Waals surface area contributed by atoms with E-state index in [2.05, 4.69) is 290 Å². The monoisotopic (exact) mass is 941 g/mol. The summed E-state index contributed by atoms with van der Waals surface area (Å²) in [6, 6.07) is 105. The molecule has 12 aromatic carbocycles. The lowest BCUT2D eigenvalue weighted by Crippen LogP contribution is -2.29. The maximum atomic E-state index is 6.86. The third-order valence-corrected chi connectivity index (χ3v) is 16.2. The lowest BCUT2D eigenvalue weighted by Gasteiger charge is -2.36. The average Bonchev–Trinajstić information content (AvgIpc) is 4.11. The van der Waals surface area contributed by atoms with E-state index in [-0.39, 0.29) is 0 Å². The number of anilines is 3. The molecule has 0 radical (unpaired) electrons. The Morgan fingerprint density at radius 3 is 1.26 bits per heavy atom. The van der Waals surface area contributed by atoms with Crippen LogP contribution in [0.4, 0.5) is 17.1 Å². The predicted molar refractivity (Wildman–Crippen MR) is 306 cm³/mol. The molecule has 2 aliphatic carbocycles. The zero-order valence-electron chi connectivity index (χ0n) is 40.5. The van der Waals surface area contributed by atoms with Crippen molar-refractivity contribution in [2.45, 2.75) is 10.8 Å². The summed E-state index contributed by atoms with van der Waals surface area (Å²) in [6.07, 6.45) is 0. The number of benzene rings is 12. The van der Waals surface area contributed by atoms with Crippen LogP contribution < -0.4 is 4.90 Å². The summed E-state index contributed by atoms with van der Waals surface area (Å²) < 4.78 is 6.86.